The zero-order chi connectivity index (χ0) is 27.0. The average Bonchev–Trinajstić information content (AvgIpc) is 3.39. The Kier molecular flexibility index (Phi) is 10.2. The summed E-state index contributed by atoms with van der Waals surface area (Å²) in [6.45, 7) is 3.90. The number of ether oxygens (including phenoxy) is 1. The lowest BCUT2D eigenvalue weighted by Gasteiger charge is -2.31. The number of aliphatic hydroxyl groups is 1. The van der Waals surface area contributed by atoms with E-state index in [0.29, 0.717) is 17.0 Å². The van der Waals surface area contributed by atoms with Gasteiger partial charge in [0.2, 0.25) is 10.0 Å². The summed E-state index contributed by atoms with van der Waals surface area (Å²) in [5.74, 6) is 0.00468. The Morgan fingerprint density at radius 2 is 1.89 bits per heavy atom. The largest absolute Gasteiger partial charge is 0.514 e. The van der Waals surface area contributed by atoms with Gasteiger partial charge < -0.3 is 15.6 Å². The SMILES string of the molecule is CC(C)CN(C[C@@H](O)[C@H](Cc1ccccc1)[NH+](C)C(=O)OCc1cncs1)S(=O)(=O)c1cccc(N)c1. The van der Waals surface area contributed by atoms with E-state index in [2.05, 4.69) is 4.98 Å². The molecule has 37 heavy (non-hydrogen) atoms. The van der Waals surface area contributed by atoms with Crippen molar-refractivity contribution in [1.29, 1.82) is 0 Å². The Bertz CT molecular complexity index is 1240. The van der Waals surface area contributed by atoms with E-state index in [4.69, 9.17) is 10.5 Å². The number of aromatic nitrogens is 1. The number of nitrogen functional groups attached to an aromatic ring is 1. The molecule has 0 spiro atoms. The fourth-order valence-electron chi connectivity index (χ4n) is 4.00. The van der Waals surface area contributed by atoms with Gasteiger partial charge in [-0.05, 0) is 29.7 Å². The molecule has 3 rings (SSSR count). The van der Waals surface area contributed by atoms with Gasteiger partial charge in [0.25, 0.3) is 0 Å². The highest BCUT2D eigenvalue weighted by molar-refractivity contribution is 7.89. The molecule has 2 aromatic carbocycles. The number of quaternary nitrogens is 1. The van der Waals surface area contributed by atoms with Gasteiger partial charge in [0, 0.05) is 31.4 Å². The number of nitrogens with two attached hydrogens (primary N) is 1. The number of nitrogens with one attached hydrogen (secondary N) is 1. The van der Waals surface area contributed by atoms with E-state index in [9.17, 15) is 18.3 Å². The number of hydrogen-bond donors (Lipinski definition) is 3. The molecular weight excluding hydrogens is 512 g/mol. The first-order chi connectivity index (χ1) is 17.6. The minimum absolute atomic E-state index is 0.00468. The quantitative estimate of drug-likeness (QED) is 0.297. The van der Waals surface area contributed by atoms with Crippen molar-refractivity contribution in [3.8, 4) is 0 Å². The van der Waals surface area contributed by atoms with Crippen molar-refractivity contribution >= 4 is 33.1 Å². The van der Waals surface area contributed by atoms with Crippen molar-refractivity contribution in [1.82, 2.24) is 9.29 Å². The normalized spacial score (nSPS) is 14.4. The van der Waals surface area contributed by atoms with Crippen LogP contribution in [-0.2, 0) is 27.8 Å². The van der Waals surface area contributed by atoms with E-state index >= 15 is 0 Å². The van der Waals surface area contributed by atoms with Crippen LogP contribution in [0.25, 0.3) is 0 Å². The molecule has 0 bridgehead atoms. The number of sulfonamides is 1. The summed E-state index contributed by atoms with van der Waals surface area (Å²) >= 11 is 1.38. The molecule has 0 saturated carbocycles. The predicted molar refractivity (Wildman–Crippen MR) is 144 cm³/mol. The van der Waals surface area contributed by atoms with Crippen molar-refractivity contribution in [2.24, 2.45) is 5.92 Å². The van der Waals surface area contributed by atoms with Gasteiger partial charge in [0.1, 0.15) is 18.8 Å². The predicted octanol–water partition coefficient (Wildman–Crippen LogP) is 2.20. The highest BCUT2D eigenvalue weighted by Crippen LogP contribution is 2.20. The number of nitrogens with zero attached hydrogens (tertiary/aromatic N) is 2. The van der Waals surface area contributed by atoms with E-state index in [1.165, 1.54) is 27.8 Å². The third-order valence-corrected chi connectivity index (χ3v) is 8.51. The summed E-state index contributed by atoms with van der Waals surface area (Å²) in [6.07, 6.45) is 0.277. The molecule has 1 heterocycles. The molecule has 1 amide bonds. The van der Waals surface area contributed by atoms with Crippen LogP contribution >= 0.6 is 11.3 Å². The van der Waals surface area contributed by atoms with Gasteiger partial charge in [0.15, 0.2) is 0 Å². The topological polar surface area (TPSA) is 127 Å². The fourth-order valence-corrected chi connectivity index (χ4v) is 6.18. The Hall–Kier alpha value is -2.83. The maximum atomic E-state index is 13.5. The monoisotopic (exact) mass is 547 g/mol. The molecule has 1 aromatic heterocycles. The van der Waals surface area contributed by atoms with E-state index in [1.54, 1.807) is 30.9 Å². The summed E-state index contributed by atoms with van der Waals surface area (Å²) in [5.41, 5.74) is 8.74. The van der Waals surface area contributed by atoms with Crippen molar-refractivity contribution in [3.05, 3.63) is 76.7 Å². The van der Waals surface area contributed by atoms with Crippen LogP contribution in [0.15, 0.2) is 71.2 Å². The third-order valence-electron chi connectivity index (χ3n) is 5.93. The zero-order valence-corrected chi connectivity index (χ0v) is 22.9. The molecule has 0 aliphatic rings. The maximum absolute atomic E-state index is 13.5. The van der Waals surface area contributed by atoms with Crippen LogP contribution in [0, 0.1) is 5.92 Å². The number of likely N-dealkylation sites (N-methyl/N-ethyl adjacent to an activating group) is 1. The van der Waals surface area contributed by atoms with Crippen molar-refractivity contribution < 1.29 is 28.0 Å². The number of thiazole rings is 1. The van der Waals surface area contributed by atoms with Crippen LogP contribution in [0.4, 0.5) is 10.5 Å². The van der Waals surface area contributed by atoms with Gasteiger partial charge in [-0.3, -0.25) is 4.98 Å². The molecule has 4 N–H and O–H groups in total. The maximum Gasteiger partial charge on any atom is 0.514 e. The van der Waals surface area contributed by atoms with Gasteiger partial charge >= 0.3 is 6.09 Å². The van der Waals surface area contributed by atoms with Crippen molar-refractivity contribution in [3.63, 3.8) is 0 Å². The fraction of sp³-hybridized carbons (Fsp3) is 0.385. The molecule has 11 heteroatoms. The van der Waals surface area contributed by atoms with Crippen LogP contribution < -0.4 is 10.6 Å². The summed E-state index contributed by atoms with van der Waals surface area (Å²) in [6, 6.07) is 14.9. The Morgan fingerprint density at radius 3 is 2.51 bits per heavy atom. The molecule has 9 nitrogen and oxygen atoms in total. The smallest absolute Gasteiger partial charge is 0.414 e. The van der Waals surface area contributed by atoms with Crippen molar-refractivity contribution in [2.75, 3.05) is 25.9 Å². The van der Waals surface area contributed by atoms with Crippen LogP contribution in [0.2, 0.25) is 0 Å². The Morgan fingerprint density at radius 1 is 1.16 bits per heavy atom. The second-order valence-corrected chi connectivity index (χ2v) is 12.3. The highest BCUT2D eigenvalue weighted by atomic mass is 32.2. The first kappa shape index (κ1) is 28.7. The summed E-state index contributed by atoms with van der Waals surface area (Å²) < 4.78 is 33.8. The lowest BCUT2D eigenvalue weighted by atomic mass is 10.00. The molecule has 0 radical (unpaired) electrons. The minimum atomic E-state index is -3.94. The van der Waals surface area contributed by atoms with Crippen LogP contribution in [0.3, 0.4) is 0 Å². The van der Waals surface area contributed by atoms with Gasteiger partial charge in [-0.25, -0.2) is 13.3 Å². The van der Waals surface area contributed by atoms with E-state index in [-0.39, 0.29) is 30.5 Å². The molecular formula is C26H35N4O5S2+. The molecule has 200 valence electrons. The minimum Gasteiger partial charge on any atom is -0.414 e. The Balaban J connectivity index is 1.85. The summed E-state index contributed by atoms with van der Waals surface area (Å²) in [4.78, 5) is 18.1. The number of alkyl carbamates (subject to hydrolysis) is 2. The number of amides is 1. The molecule has 0 aliphatic carbocycles. The summed E-state index contributed by atoms with van der Waals surface area (Å²) in [7, 11) is -2.31. The van der Waals surface area contributed by atoms with Gasteiger partial charge in [0.05, 0.1) is 22.3 Å². The molecule has 0 fully saturated rings. The Labute approximate surface area is 222 Å². The van der Waals surface area contributed by atoms with Gasteiger partial charge in [-0.1, -0.05) is 50.2 Å². The highest BCUT2D eigenvalue weighted by Gasteiger charge is 2.37. The number of benzene rings is 2. The number of carbonyl (C=O) groups excluding carboxylic acids is 1. The second kappa shape index (κ2) is 13.1. The standard InChI is InChI=1S/C26H34N4O5S2/c1-19(2)15-30(37(33,34)23-11-7-10-21(27)13-23)16-25(31)24(12-20-8-5-4-6-9-20)29(3)26(32)35-17-22-14-28-18-36-22/h4-11,13-14,18-19,24-25,31H,12,15-17,27H2,1-3H3/p+1/t24-,25+/m0/s1. The average molecular weight is 548 g/mol. The number of rotatable bonds is 12. The summed E-state index contributed by atoms with van der Waals surface area (Å²) in [5, 5.41) is 11.4. The van der Waals surface area contributed by atoms with Crippen LogP contribution in [0.5, 0.6) is 0 Å². The van der Waals surface area contributed by atoms with E-state index in [1.807, 2.05) is 44.2 Å². The molecule has 0 saturated heterocycles. The van der Waals surface area contributed by atoms with Crippen LogP contribution in [0.1, 0.15) is 24.3 Å². The van der Waals surface area contributed by atoms with E-state index < -0.39 is 28.3 Å². The number of carbonyl (C=O) groups is 1. The number of hydrogen-bond acceptors (Lipinski definition) is 8. The second-order valence-electron chi connectivity index (χ2n) is 9.38. The van der Waals surface area contributed by atoms with Gasteiger partial charge in [-0.15, -0.1) is 11.3 Å². The van der Waals surface area contributed by atoms with Gasteiger partial charge in [-0.2, -0.15) is 9.10 Å². The lowest BCUT2D eigenvalue weighted by molar-refractivity contribution is -0.835. The molecule has 3 aromatic rings. The molecule has 3 atom stereocenters. The van der Waals surface area contributed by atoms with Crippen molar-refractivity contribution in [2.45, 2.75) is 43.9 Å². The van der Waals surface area contributed by atoms with Crippen LogP contribution in [-0.4, -0.2) is 61.2 Å². The van der Waals surface area contributed by atoms with E-state index in [0.717, 1.165) is 10.4 Å². The zero-order valence-electron chi connectivity index (χ0n) is 21.3. The third kappa shape index (κ3) is 8.08. The first-order valence-electron chi connectivity index (χ1n) is 12.0. The first-order valence-corrected chi connectivity index (χ1v) is 14.4. The molecule has 0 aliphatic heterocycles. The number of anilines is 1. The lowest BCUT2D eigenvalue weighted by Crippen LogP contribution is -3.17. The number of aliphatic hydroxyl groups excluding tert-OH is 1. The molecule has 1 unspecified atom stereocenters.